The van der Waals surface area contributed by atoms with Gasteiger partial charge in [0, 0.05) is 25.3 Å². The lowest BCUT2D eigenvalue weighted by Crippen LogP contribution is -2.39. The number of halogens is 1. The van der Waals surface area contributed by atoms with E-state index in [4.69, 9.17) is 9.47 Å². The van der Waals surface area contributed by atoms with E-state index in [0.29, 0.717) is 36.3 Å². The van der Waals surface area contributed by atoms with Crippen molar-refractivity contribution in [2.75, 3.05) is 26.9 Å². The van der Waals surface area contributed by atoms with Crippen molar-refractivity contribution in [3.63, 3.8) is 0 Å². The highest BCUT2D eigenvalue weighted by atomic mass is 79.9. The summed E-state index contributed by atoms with van der Waals surface area (Å²) < 4.78 is 10.5. The van der Waals surface area contributed by atoms with Gasteiger partial charge in [0.25, 0.3) is 11.8 Å². The summed E-state index contributed by atoms with van der Waals surface area (Å²) in [7, 11) is 1.61. The topological polar surface area (TPSA) is 55.8 Å². The van der Waals surface area contributed by atoms with Crippen molar-refractivity contribution in [2.24, 2.45) is 0 Å². The van der Waals surface area contributed by atoms with Crippen LogP contribution < -0.4 is 0 Å². The van der Waals surface area contributed by atoms with Gasteiger partial charge >= 0.3 is 0 Å². The Morgan fingerprint density at radius 3 is 2.39 bits per heavy atom. The number of hydrogen-bond donors (Lipinski definition) is 0. The van der Waals surface area contributed by atoms with Crippen LogP contribution in [0.5, 0.6) is 0 Å². The molecule has 0 saturated heterocycles. The molecular formula is C12H18BrNO4. The molecule has 18 heavy (non-hydrogen) atoms. The predicted molar refractivity (Wildman–Crippen MR) is 70.3 cm³/mol. The third-order valence-electron chi connectivity index (χ3n) is 2.83. The first-order valence-electron chi connectivity index (χ1n) is 5.81. The number of ether oxygens (including phenoxy) is 2. The summed E-state index contributed by atoms with van der Waals surface area (Å²) >= 11 is 3.14. The maximum Gasteiger partial charge on any atom is 0.268 e. The molecule has 0 aromatic heterocycles. The van der Waals surface area contributed by atoms with E-state index in [-0.39, 0.29) is 17.9 Å². The van der Waals surface area contributed by atoms with Crippen molar-refractivity contribution >= 4 is 27.7 Å². The number of amides is 2. The fourth-order valence-corrected chi connectivity index (χ4v) is 2.02. The van der Waals surface area contributed by atoms with E-state index in [1.165, 1.54) is 4.90 Å². The predicted octanol–water partition coefficient (Wildman–Crippen LogP) is 1.47. The van der Waals surface area contributed by atoms with Gasteiger partial charge in [-0.05, 0) is 36.2 Å². The van der Waals surface area contributed by atoms with Crippen molar-refractivity contribution in [1.82, 2.24) is 4.90 Å². The number of carbonyl (C=O) groups excluding carboxylic acids is 2. The van der Waals surface area contributed by atoms with Crippen molar-refractivity contribution in [3.05, 3.63) is 10.1 Å². The standard InChI is InChI=1S/C12H18BrNO4/c1-8(4-5-18-7-6-17-3)14-11(15)9(2)10(13)12(14)16/h8H,4-7H2,1-3H3. The Hall–Kier alpha value is -0.720. The highest BCUT2D eigenvalue weighted by Crippen LogP contribution is 2.27. The molecule has 1 aliphatic heterocycles. The molecule has 0 saturated carbocycles. The van der Waals surface area contributed by atoms with Crippen LogP contribution in [0.2, 0.25) is 0 Å². The normalized spacial score (nSPS) is 17.9. The zero-order valence-corrected chi connectivity index (χ0v) is 12.4. The molecular weight excluding hydrogens is 302 g/mol. The smallest absolute Gasteiger partial charge is 0.268 e. The molecule has 6 heteroatoms. The van der Waals surface area contributed by atoms with E-state index < -0.39 is 0 Å². The lowest BCUT2D eigenvalue weighted by molar-refractivity contribution is -0.140. The Balaban J connectivity index is 2.42. The van der Waals surface area contributed by atoms with E-state index >= 15 is 0 Å². The minimum Gasteiger partial charge on any atom is -0.382 e. The molecule has 102 valence electrons. The molecule has 0 aromatic rings. The Morgan fingerprint density at radius 2 is 1.89 bits per heavy atom. The molecule has 2 amide bonds. The monoisotopic (exact) mass is 319 g/mol. The fraction of sp³-hybridized carbons (Fsp3) is 0.667. The quantitative estimate of drug-likeness (QED) is 0.526. The second-order valence-corrected chi connectivity index (χ2v) is 4.96. The summed E-state index contributed by atoms with van der Waals surface area (Å²) in [4.78, 5) is 25.0. The fourth-order valence-electron chi connectivity index (χ4n) is 1.66. The van der Waals surface area contributed by atoms with Gasteiger partial charge in [-0.3, -0.25) is 14.5 Å². The second-order valence-electron chi connectivity index (χ2n) is 4.16. The van der Waals surface area contributed by atoms with Gasteiger partial charge in [-0.25, -0.2) is 0 Å². The molecule has 0 fully saturated rings. The molecule has 1 unspecified atom stereocenters. The largest absolute Gasteiger partial charge is 0.382 e. The lowest BCUT2D eigenvalue weighted by atomic mass is 10.2. The summed E-state index contributed by atoms with van der Waals surface area (Å²) in [5.74, 6) is -0.488. The summed E-state index contributed by atoms with van der Waals surface area (Å²) in [6.45, 7) is 5.05. The zero-order chi connectivity index (χ0) is 13.7. The van der Waals surface area contributed by atoms with Crippen LogP contribution in [0.25, 0.3) is 0 Å². The molecule has 1 atom stereocenters. The minimum atomic E-state index is -0.262. The van der Waals surface area contributed by atoms with Gasteiger partial charge in [-0.2, -0.15) is 0 Å². The third-order valence-corrected chi connectivity index (χ3v) is 3.76. The van der Waals surface area contributed by atoms with Crippen LogP contribution >= 0.6 is 15.9 Å². The summed E-state index contributed by atoms with van der Waals surface area (Å²) in [5.41, 5.74) is 0.465. The average Bonchev–Trinajstić information content (AvgIpc) is 2.53. The Bertz CT molecular complexity index is 343. The van der Waals surface area contributed by atoms with E-state index in [1.807, 2.05) is 6.92 Å². The number of imide groups is 1. The summed E-state index contributed by atoms with van der Waals surface area (Å²) in [6.07, 6.45) is 0.620. The highest BCUT2D eigenvalue weighted by molar-refractivity contribution is 9.12. The molecule has 0 spiro atoms. The van der Waals surface area contributed by atoms with Gasteiger partial charge in [0.2, 0.25) is 0 Å². The van der Waals surface area contributed by atoms with Crippen LogP contribution in [0.1, 0.15) is 20.3 Å². The second kappa shape index (κ2) is 7.01. The maximum atomic E-state index is 11.9. The van der Waals surface area contributed by atoms with E-state index in [9.17, 15) is 9.59 Å². The molecule has 0 bridgehead atoms. The van der Waals surface area contributed by atoms with Gasteiger partial charge in [-0.15, -0.1) is 0 Å². The first kappa shape index (κ1) is 15.3. The van der Waals surface area contributed by atoms with Crippen LogP contribution in [0.4, 0.5) is 0 Å². The minimum absolute atomic E-state index is 0.169. The molecule has 1 heterocycles. The first-order valence-corrected chi connectivity index (χ1v) is 6.61. The van der Waals surface area contributed by atoms with Crippen LogP contribution in [0, 0.1) is 0 Å². The van der Waals surface area contributed by atoms with Crippen LogP contribution in [0.15, 0.2) is 10.1 Å². The molecule has 0 aliphatic carbocycles. The van der Waals surface area contributed by atoms with E-state index in [0.717, 1.165) is 0 Å². The summed E-state index contributed by atoms with van der Waals surface area (Å²) in [5, 5.41) is 0. The van der Waals surface area contributed by atoms with Gasteiger partial charge in [0.05, 0.1) is 17.7 Å². The average molecular weight is 320 g/mol. The first-order chi connectivity index (χ1) is 8.50. The van der Waals surface area contributed by atoms with Crippen molar-refractivity contribution in [3.8, 4) is 0 Å². The molecule has 0 N–H and O–H groups in total. The summed E-state index contributed by atoms with van der Waals surface area (Å²) in [6, 6.07) is -0.169. The van der Waals surface area contributed by atoms with Gasteiger partial charge in [0.1, 0.15) is 0 Å². The zero-order valence-electron chi connectivity index (χ0n) is 10.9. The Labute approximate surface area is 115 Å². The molecule has 5 nitrogen and oxygen atoms in total. The van der Waals surface area contributed by atoms with Crippen LogP contribution in [-0.4, -0.2) is 49.7 Å². The van der Waals surface area contributed by atoms with Crippen LogP contribution in [-0.2, 0) is 19.1 Å². The SMILES string of the molecule is COCCOCCC(C)N1C(=O)C(C)=C(Br)C1=O. The molecule has 0 aromatic carbocycles. The van der Waals surface area contributed by atoms with Crippen molar-refractivity contribution < 1.29 is 19.1 Å². The Kier molecular flexibility index (Phi) is 5.98. The number of nitrogens with zero attached hydrogens (tertiary/aromatic N) is 1. The molecule has 1 aliphatic rings. The number of methoxy groups -OCH3 is 1. The van der Waals surface area contributed by atoms with Crippen LogP contribution in [0.3, 0.4) is 0 Å². The number of hydrogen-bond acceptors (Lipinski definition) is 4. The third kappa shape index (κ3) is 3.40. The van der Waals surface area contributed by atoms with Gasteiger partial charge < -0.3 is 9.47 Å². The lowest BCUT2D eigenvalue weighted by Gasteiger charge is -2.22. The Morgan fingerprint density at radius 1 is 1.22 bits per heavy atom. The maximum absolute atomic E-state index is 11.9. The van der Waals surface area contributed by atoms with E-state index in [1.54, 1.807) is 14.0 Å². The van der Waals surface area contributed by atoms with Crippen molar-refractivity contribution in [2.45, 2.75) is 26.3 Å². The number of carbonyl (C=O) groups is 2. The van der Waals surface area contributed by atoms with Crippen molar-refractivity contribution in [1.29, 1.82) is 0 Å². The highest BCUT2D eigenvalue weighted by Gasteiger charge is 2.37. The molecule has 1 rings (SSSR count). The van der Waals surface area contributed by atoms with Gasteiger partial charge in [0.15, 0.2) is 0 Å². The van der Waals surface area contributed by atoms with E-state index in [2.05, 4.69) is 15.9 Å². The van der Waals surface area contributed by atoms with Gasteiger partial charge in [-0.1, -0.05) is 0 Å². The number of rotatable bonds is 7. The molecule has 0 radical (unpaired) electrons.